The summed E-state index contributed by atoms with van der Waals surface area (Å²) in [5.74, 6) is -4.85. The summed E-state index contributed by atoms with van der Waals surface area (Å²) < 4.78 is 42.3. The quantitative estimate of drug-likeness (QED) is 0.279. The largest absolute Gasteiger partial charge is 0.366 e. The Labute approximate surface area is 233 Å². The third-order valence-electron chi connectivity index (χ3n) is 6.96. The van der Waals surface area contributed by atoms with Crippen LogP contribution in [0.2, 0.25) is 0 Å². The molecule has 3 amide bonds. The lowest BCUT2D eigenvalue weighted by Gasteiger charge is -2.22. The summed E-state index contributed by atoms with van der Waals surface area (Å²) in [7, 11) is 0. The Hall–Kier alpha value is -4.99. The molecule has 208 valence electrons. The van der Waals surface area contributed by atoms with Crippen molar-refractivity contribution in [3.63, 3.8) is 0 Å². The predicted octanol–water partition coefficient (Wildman–Crippen LogP) is 5.10. The van der Waals surface area contributed by atoms with E-state index in [4.69, 9.17) is 5.73 Å². The number of nitrogens with zero attached hydrogens (tertiary/aromatic N) is 1. The van der Waals surface area contributed by atoms with E-state index in [0.717, 1.165) is 29.8 Å². The van der Waals surface area contributed by atoms with Crippen LogP contribution in [0.15, 0.2) is 72.9 Å². The molecule has 41 heavy (non-hydrogen) atoms. The van der Waals surface area contributed by atoms with E-state index in [1.54, 1.807) is 18.2 Å². The minimum Gasteiger partial charge on any atom is -0.366 e. The van der Waals surface area contributed by atoms with Gasteiger partial charge in [0, 0.05) is 29.9 Å². The molecule has 2 heterocycles. The highest BCUT2D eigenvalue weighted by Gasteiger charge is 2.33. The number of amides is 3. The van der Waals surface area contributed by atoms with Crippen LogP contribution in [0.4, 0.5) is 18.9 Å². The Balaban J connectivity index is 1.51. The second-order valence-corrected chi connectivity index (χ2v) is 9.93. The lowest BCUT2D eigenvalue weighted by atomic mass is 9.93. The van der Waals surface area contributed by atoms with E-state index in [0.29, 0.717) is 28.1 Å². The molecule has 1 aliphatic rings. The van der Waals surface area contributed by atoms with Gasteiger partial charge < -0.3 is 16.4 Å². The zero-order chi connectivity index (χ0) is 29.3. The highest BCUT2D eigenvalue weighted by atomic mass is 19.1. The first-order chi connectivity index (χ1) is 19.6. The molecule has 10 heteroatoms. The maximum absolute atomic E-state index is 14.2. The number of aromatic nitrogens is 1. The molecule has 3 aromatic carbocycles. The van der Waals surface area contributed by atoms with Gasteiger partial charge in [-0.25, -0.2) is 13.2 Å². The van der Waals surface area contributed by atoms with Gasteiger partial charge >= 0.3 is 0 Å². The smallest absolute Gasteiger partial charge is 0.251 e. The van der Waals surface area contributed by atoms with Crippen molar-refractivity contribution >= 4 is 23.4 Å². The normalized spacial score (nSPS) is 14.7. The molecule has 0 bridgehead atoms. The molecular weight excluding hydrogens is 533 g/mol. The first-order valence-electron chi connectivity index (χ1n) is 12.8. The Kier molecular flexibility index (Phi) is 7.56. The van der Waals surface area contributed by atoms with Gasteiger partial charge in [-0.2, -0.15) is 0 Å². The minimum atomic E-state index is -0.958. The van der Waals surface area contributed by atoms with E-state index in [-0.39, 0.29) is 29.9 Å². The van der Waals surface area contributed by atoms with Crippen LogP contribution >= 0.6 is 0 Å². The SMILES string of the molecule is Cc1ccc2c(c1)NC(=O)C2CC(=O)NC(Cc1cc(F)cc(F)c1)c1ncccc1-c1ccc(F)c(C(N)=O)c1. The number of rotatable bonds is 8. The van der Waals surface area contributed by atoms with Gasteiger partial charge in [-0.1, -0.05) is 24.3 Å². The van der Waals surface area contributed by atoms with Crippen LogP contribution in [0.25, 0.3) is 11.1 Å². The second kappa shape index (κ2) is 11.2. The molecule has 1 aliphatic heterocycles. The van der Waals surface area contributed by atoms with E-state index in [2.05, 4.69) is 15.6 Å². The molecule has 0 saturated carbocycles. The van der Waals surface area contributed by atoms with Crippen LogP contribution in [0, 0.1) is 24.4 Å². The van der Waals surface area contributed by atoms with Gasteiger partial charge in [0.2, 0.25) is 11.8 Å². The number of benzene rings is 3. The van der Waals surface area contributed by atoms with Crippen molar-refractivity contribution in [2.24, 2.45) is 5.73 Å². The number of aryl methyl sites for hydroxylation is 1. The van der Waals surface area contributed by atoms with Gasteiger partial charge in [-0.15, -0.1) is 0 Å². The second-order valence-electron chi connectivity index (χ2n) is 9.93. The molecule has 4 aromatic rings. The van der Waals surface area contributed by atoms with Gasteiger partial charge in [-0.3, -0.25) is 19.4 Å². The molecule has 0 aliphatic carbocycles. The third kappa shape index (κ3) is 5.96. The van der Waals surface area contributed by atoms with Crippen LogP contribution in [-0.4, -0.2) is 22.7 Å². The van der Waals surface area contributed by atoms with E-state index >= 15 is 0 Å². The fraction of sp³-hybridized carbons (Fsp3) is 0.161. The number of hydrogen-bond donors (Lipinski definition) is 3. The van der Waals surface area contributed by atoms with Gasteiger partial charge in [0.1, 0.15) is 17.5 Å². The van der Waals surface area contributed by atoms with E-state index in [9.17, 15) is 27.6 Å². The zero-order valence-electron chi connectivity index (χ0n) is 21.9. The van der Waals surface area contributed by atoms with Crippen molar-refractivity contribution in [2.75, 3.05) is 5.32 Å². The van der Waals surface area contributed by atoms with Gasteiger partial charge in [0.05, 0.1) is 23.2 Å². The van der Waals surface area contributed by atoms with Gasteiger partial charge in [-0.05, 0) is 72.0 Å². The Bertz CT molecular complexity index is 1670. The minimum absolute atomic E-state index is 0.0546. The fourth-order valence-corrected chi connectivity index (χ4v) is 5.09. The molecule has 7 nitrogen and oxygen atoms in total. The molecule has 2 unspecified atom stereocenters. The van der Waals surface area contributed by atoms with Gasteiger partial charge in [0.15, 0.2) is 0 Å². The molecule has 0 spiro atoms. The fourth-order valence-electron chi connectivity index (χ4n) is 5.09. The first-order valence-corrected chi connectivity index (χ1v) is 12.8. The van der Waals surface area contributed by atoms with E-state index in [1.165, 1.54) is 18.3 Å². The summed E-state index contributed by atoms with van der Waals surface area (Å²) >= 11 is 0. The van der Waals surface area contributed by atoms with E-state index < -0.39 is 41.2 Å². The van der Waals surface area contributed by atoms with Crippen molar-refractivity contribution in [3.05, 3.63) is 118 Å². The molecule has 0 fully saturated rings. The Morgan fingerprint density at radius 2 is 1.78 bits per heavy atom. The van der Waals surface area contributed by atoms with Crippen molar-refractivity contribution in [1.82, 2.24) is 10.3 Å². The summed E-state index contributed by atoms with van der Waals surface area (Å²) in [5.41, 5.74) is 8.70. The summed E-state index contributed by atoms with van der Waals surface area (Å²) in [6, 6.07) is 14.7. The number of halogens is 3. The summed E-state index contributed by atoms with van der Waals surface area (Å²) in [6.45, 7) is 1.89. The first kappa shape index (κ1) is 27.6. The van der Waals surface area contributed by atoms with Crippen molar-refractivity contribution < 1.29 is 27.6 Å². The van der Waals surface area contributed by atoms with Gasteiger partial charge in [0.25, 0.3) is 5.91 Å². The lowest BCUT2D eigenvalue weighted by molar-refractivity contribution is -0.125. The molecule has 1 aromatic heterocycles. The highest BCUT2D eigenvalue weighted by molar-refractivity contribution is 6.05. The average molecular weight is 559 g/mol. The molecule has 0 saturated heterocycles. The number of fused-ring (bicyclic) bond motifs is 1. The van der Waals surface area contributed by atoms with Crippen LogP contribution in [0.3, 0.4) is 0 Å². The number of carbonyl (C=O) groups is 3. The maximum atomic E-state index is 14.2. The molecular formula is C31H25F3N4O3. The standard InChI is InChI=1S/C31H25F3N4O3/c1-16-4-6-22-23(31(41)38-26(22)9-16)15-28(39)37-27(12-17-10-19(32)14-20(33)11-17)29-21(3-2-8-36-29)18-5-7-25(34)24(13-18)30(35)40/h2-11,13-14,23,27H,12,15H2,1H3,(H2,35,40)(H,37,39)(H,38,41). The predicted molar refractivity (Wildman–Crippen MR) is 146 cm³/mol. The Morgan fingerprint density at radius 3 is 2.51 bits per heavy atom. The summed E-state index contributed by atoms with van der Waals surface area (Å²) in [5, 5.41) is 5.67. The van der Waals surface area contributed by atoms with Crippen molar-refractivity contribution in [2.45, 2.75) is 31.7 Å². The van der Waals surface area contributed by atoms with Crippen molar-refractivity contribution in [3.8, 4) is 11.1 Å². The summed E-state index contributed by atoms with van der Waals surface area (Å²) in [6.07, 6.45) is 1.24. The monoisotopic (exact) mass is 558 g/mol. The van der Waals surface area contributed by atoms with E-state index in [1.807, 2.05) is 19.1 Å². The topological polar surface area (TPSA) is 114 Å². The van der Waals surface area contributed by atoms with Crippen LogP contribution in [-0.2, 0) is 16.0 Å². The van der Waals surface area contributed by atoms with Crippen molar-refractivity contribution in [1.29, 1.82) is 0 Å². The molecule has 4 N–H and O–H groups in total. The Morgan fingerprint density at radius 1 is 1.02 bits per heavy atom. The number of nitrogens with two attached hydrogens (primary N) is 1. The van der Waals surface area contributed by atoms with Crippen LogP contribution in [0.5, 0.6) is 0 Å². The average Bonchev–Trinajstić information content (AvgIpc) is 3.21. The maximum Gasteiger partial charge on any atom is 0.251 e. The molecule has 2 atom stereocenters. The number of primary amides is 1. The number of hydrogen-bond acceptors (Lipinski definition) is 4. The molecule has 5 rings (SSSR count). The van der Waals surface area contributed by atoms with Crippen LogP contribution < -0.4 is 16.4 Å². The number of carbonyl (C=O) groups excluding carboxylic acids is 3. The highest BCUT2D eigenvalue weighted by Crippen LogP contribution is 2.36. The number of pyridine rings is 1. The number of nitrogens with one attached hydrogen (secondary N) is 2. The molecule has 0 radical (unpaired) electrons. The third-order valence-corrected chi connectivity index (χ3v) is 6.96. The number of anilines is 1. The summed E-state index contributed by atoms with van der Waals surface area (Å²) in [4.78, 5) is 42.3. The van der Waals surface area contributed by atoms with Crippen LogP contribution in [0.1, 0.15) is 51.1 Å². The lowest BCUT2D eigenvalue weighted by Crippen LogP contribution is -2.33. The zero-order valence-corrected chi connectivity index (χ0v) is 21.9.